The van der Waals surface area contributed by atoms with Crippen molar-refractivity contribution in [2.45, 2.75) is 32.5 Å². The largest absolute Gasteiger partial charge is 0.434 e. The highest BCUT2D eigenvalue weighted by Gasteiger charge is 2.13. The van der Waals surface area contributed by atoms with Gasteiger partial charge >= 0.3 is 6.61 Å². The Balaban J connectivity index is 0.00000320. The standard InChI is InChI=1S/C20H24ClF2N5O.HI/c1-24-20(27-13-15-10-16(21)5-6-17(15)29-19(22)23)26-12-14-4-7-18(25-11-14)28-8-2-3-9-28;/h4-7,10-11,19H,2-3,8-9,12-13H2,1H3,(H2,24,26,27);1H. The van der Waals surface area contributed by atoms with Crippen molar-refractivity contribution in [1.82, 2.24) is 15.6 Å². The van der Waals surface area contributed by atoms with E-state index in [1.54, 1.807) is 13.1 Å². The van der Waals surface area contributed by atoms with Crippen LogP contribution in [0.25, 0.3) is 0 Å². The molecular weight excluding hydrogens is 527 g/mol. The molecular formula is C20H25ClF2IN5O. The number of hydrogen-bond donors (Lipinski definition) is 2. The van der Waals surface area contributed by atoms with E-state index in [0.29, 0.717) is 23.1 Å². The highest BCUT2D eigenvalue weighted by atomic mass is 127. The fourth-order valence-corrected chi connectivity index (χ4v) is 3.33. The molecule has 30 heavy (non-hydrogen) atoms. The van der Waals surface area contributed by atoms with Crippen molar-refractivity contribution < 1.29 is 13.5 Å². The summed E-state index contributed by atoms with van der Waals surface area (Å²) in [5.74, 6) is 1.60. The van der Waals surface area contributed by atoms with Gasteiger partial charge in [-0.15, -0.1) is 24.0 Å². The van der Waals surface area contributed by atoms with Gasteiger partial charge in [0.15, 0.2) is 5.96 Å². The molecule has 2 N–H and O–H groups in total. The summed E-state index contributed by atoms with van der Waals surface area (Å²) < 4.78 is 29.7. The monoisotopic (exact) mass is 551 g/mol. The predicted octanol–water partition coefficient (Wildman–Crippen LogP) is 4.42. The van der Waals surface area contributed by atoms with E-state index >= 15 is 0 Å². The number of nitrogens with one attached hydrogen (secondary N) is 2. The van der Waals surface area contributed by atoms with Crippen LogP contribution in [0, 0.1) is 0 Å². The van der Waals surface area contributed by atoms with Gasteiger partial charge in [-0.1, -0.05) is 17.7 Å². The molecule has 2 aromatic rings. The molecule has 0 aliphatic carbocycles. The maximum absolute atomic E-state index is 12.6. The van der Waals surface area contributed by atoms with E-state index in [1.807, 2.05) is 18.3 Å². The Bertz CT molecular complexity index is 832. The second-order valence-corrected chi connectivity index (χ2v) is 7.07. The Hall–Kier alpha value is -1.88. The molecule has 0 atom stereocenters. The van der Waals surface area contributed by atoms with Crippen molar-refractivity contribution in [2.75, 3.05) is 25.0 Å². The number of aromatic nitrogens is 1. The first kappa shape index (κ1) is 24.4. The fraction of sp³-hybridized carbons (Fsp3) is 0.400. The molecule has 1 aromatic carbocycles. The van der Waals surface area contributed by atoms with Gasteiger partial charge in [0.05, 0.1) is 0 Å². The second-order valence-electron chi connectivity index (χ2n) is 6.63. The topological polar surface area (TPSA) is 61.8 Å². The summed E-state index contributed by atoms with van der Waals surface area (Å²) in [5.41, 5.74) is 1.53. The molecule has 6 nitrogen and oxygen atoms in total. The third-order valence-electron chi connectivity index (χ3n) is 4.61. The summed E-state index contributed by atoms with van der Waals surface area (Å²) >= 11 is 5.98. The van der Waals surface area contributed by atoms with Gasteiger partial charge in [0.25, 0.3) is 0 Å². The second kappa shape index (κ2) is 12.1. The van der Waals surface area contributed by atoms with E-state index in [1.165, 1.54) is 25.0 Å². The average molecular weight is 552 g/mol. The third kappa shape index (κ3) is 7.12. The summed E-state index contributed by atoms with van der Waals surface area (Å²) in [7, 11) is 1.64. The van der Waals surface area contributed by atoms with Crippen molar-refractivity contribution in [3.8, 4) is 5.75 Å². The van der Waals surface area contributed by atoms with Gasteiger partial charge in [-0.25, -0.2) is 4.98 Å². The Morgan fingerprint density at radius 2 is 1.93 bits per heavy atom. The average Bonchev–Trinajstić information content (AvgIpc) is 3.25. The van der Waals surface area contributed by atoms with Crippen LogP contribution in [-0.4, -0.2) is 37.7 Å². The lowest BCUT2D eigenvalue weighted by atomic mass is 10.2. The first-order valence-corrected chi connectivity index (χ1v) is 9.80. The number of benzene rings is 1. The van der Waals surface area contributed by atoms with Gasteiger partial charge < -0.3 is 20.3 Å². The Morgan fingerprint density at radius 1 is 1.20 bits per heavy atom. The predicted molar refractivity (Wildman–Crippen MR) is 126 cm³/mol. The molecule has 1 aromatic heterocycles. The molecule has 1 aliphatic rings. The summed E-state index contributed by atoms with van der Waals surface area (Å²) in [4.78, 5) is 11.0. The van der Waals surface area contributed by atoms with Crippen molar-refractivity contribution >= 4 is 47.4 Å². The normalized spacial score (nSPS) is 13.9. The van der Waals surface area contributed by atoms with Gasteiger partial charge in [-0.3, -0.25) is 4.99 Å². The van der Waals surface area contributed by atoms with E-state index in [2.05, 4.69) is 30.2 Å². The Kier molecular flexibility index (Phi) is 9.83. The molecule has 0 saturated carbocycles. The number of pyridine rings is 1. The summed E-state index contributed by atoms with van der Waals surface area (Å²) in [6.07, 6.45) is 4.27. The number of halogens is 4. The van der Waals surface area contributed by atoms with Crippen LogP contribution in [0.4, 0.5) is 14.6 Å². The van der Waals surface area contributed by atoms with E-state index < -0.39 is 6.61 Å². The van der Waals surface area contributed by atoms with Gasteiger partial charge in [0, 0.05) is 50.0 Å². The van der Waals surface area contributed by atoms with Gasteiger partial charge in [0.2, 0.25) is 0 Å². The van der Waals surface area contributed by atoms with Crippen molar-refractivity contribution in [2.24, 2.45) is 4.99 Å². The lowest BCUT2D eigenvalue weighted by molar-refractivity contribution is -0.0504. The van der Waals surface area contributed by atoms with Crippen molar-refractivity contribution in [3.63, 3.8) is 0 Å². The summed E-state index contributed by atoms with van der Waals surface area (Å²) in [5, 5.41) is 6.70. The van der Waals surface area contributed by atoms with Crippen LogP contribution in [0.1, 0.15) is 24.0 Å². The Morgan fingerprint density at radius 3 is 2.57 bits per heavy atom. The highest BCUT2D eigenvalue weighted by molar-refractivity contribution is 14.0. The van der Waals surface area contributed by atoms with Gasteiger partial charge in [0.1, 0.15) is 11.6 Å². The number of alkyl halides is 2. The van der Waals surface area contributed by atoms with Crippen LogP contribution in [0.5, 0.6) is 5.75 Å². The number of rotatable bonds is 7. The van der Waals surface area contributed by atoms with Crippen LogP contribution in [0.15, 0.2) is 41.5 Å². The van der Waals surface area contributed by atoms with Crippen LogP contribution >= 0.6 is 35.6 Å². The molecule has 1 aliphatic heterocycles. The molecule has 0 radical (unpaired) electrons. The zero-order valence-electron chi connectivity index (χ0n) is 16.6. The minimum absolute atomic E-state index is 0. The molecule has 0 spiro atoms. The Labute approximate surface area is 197 Å². The van der Waals surface area contributed by atoms with E-state index in [0.717, 1.165) is 24.5 Å². The molecule has 0 bridgehead atoms. The number of anilines is 1. The van der Waals surface area contributed by atoms with E-state index in [4.69, 9.17) is 11.6 Å². The number of nitrogens with zero attached hydrogens (tertiary/aromatic N) is 3. The van der Waals surface area contributed by atoms with Crippen molar-refractivity contribution in [3.05, 3.63) is 52.7 Å². The zero-order chi connectivity index (χ0) is 20.6. The number of hydrogen-bond acceptors (Lipinski definition) is 4. The van der Waals surface area contributed by atoms with Gasteiger partial charge in [-0.2, -0.15) is 8.78 Å². The SMILES string of the molecule is CN=C(NCc1ccc(N2CCCC2)nc1)NCc1cc(Cl)ccc1OC(F)F.I. The van der Waals surface area contributed by atoms with Crippen molar-refractivity contribution in [1.29, 1.82) is 0 Å². The minimum atomic E-state index is -2.90. The molecule has 0 unspecified atom stereocenters. The van der Waals surface area contributed by atoms with Crippen LogP contribution in [0.3, 0.4) is 0 Å². The molecule has 164 valence electrons. The quantitative estimate of drug-likeness (QED) is 0.303. The zero-order valence-corrected chi connectivity index (χ0v) is 19.7. The number of aliphatic imine (C=N–C) groups is 1. The maximum atomic E-state index is 12.6. The smallest absolute Gasteiger partial charge is 0.387 e. The van der Waals surface area contributed by atoms with Crippen LogP contribution < -0.4 is 20.3 Å². The van der Waals surface area contributed by atoms with Crippen LogP contribution in [0.2, 0.25) is 5.02 Å². The van der Waals surface area contributed by atoms with E-state index in [-0.39, 0.29) is 36.3 Å². The number of ether oxygens (including phenoxy) is 1. The highest BCUT2D eigenvalue weighted by Crippen LogP contribution is 2.24. The van der Waals surface area contributed by atoms with Crippen LogP contribution in [-0.2, 0) is 13.1 Å². The molecule has 2 heterocycles. The van der Waals surface area contributed by atoms with Gasteiger partial charge in [-0.05, 0) is 42.7 Å². The van der Waals surface area contributed by atoms with E-state index in [9.17, 15) is 8.78 Å². The molecule has 1 fully saturated rings. The molecule has 10 heteroatoms. The lowest BCUT2D eigenvalue weighted by Crippen LogP contribution is -2.36. The number of guanidine groups is 1. The summed E-state index contributed by atoms with van der Waals surface area (Å²) in [6, 6.07) is 8.58. The lowest BCUT2D eigenvalue weighted by Gasteiger charge is -2.17. The molecule has 0 amide bonds. The maximum Gasteiger partial charge on any atom is 0.387 e. The first-order valence-electron chi connectivity index (χ1n) is 9.43. The molecule has 1 saturated heterocycles. The minimum Gasteiger partial charge on any atom is -0.434 e. The fourth-order valence-electron chi connectivity index (χ4n) is 3.14. The third-order valence-corrected chi connectivity index (χ3v) is 4.84. The molecule has 3 rings (SSSR count). The first-order chi connectivity index (χ1) is 14.0. The summed E-state index contributed by atoms with van der Waals surface area (Å²) in [6.45, 7) is -0.0235.